The number of pyridine rings is 1. The topological polar surface area (TPSA) is 88.2 Å². The lowest BCUT2D eigenvalue weighted by atomic mass is 10.1. The number of hydrogen-bond donors (Lipinski definition) is 3. The third-order valence-corrected chi connectivity index (χ3v) is 2.73. The average molecular weight is 269 g/mol. The fourth-order valence-corrected chi connectivity index (χ4v) is 2.00. The number of anilines is 1. The summed E-state index contributed by atoms with van der Waals surface area (Å²) in [4.78, 5) is 13.6. The molecule has 0 radical (unpaired) electrons. The smallest absolute Gasteiger partial charge is 0.300 e. The number of carbonyl (C=O) groups is 1. The fourth-order valence-electron chi connectivity index (χ4n) is 2.00. The Hall–Kier alpha value is -2.66. The largest absolute Gasteiger partial charge is 0.481 e. The van der Waals surface area contributed by atoms with Gasteiger partial charge in [-0.1, -0.05) is 36.4 Å². The van der Waals surface area contributed by atoms with Crippen molar-refractivity contribution in [2.75, 3.05) is 5.43 Å². The van der Waals surface area contributed by atoms with Crippen LogP contribution in [0.3, 0.4) is 0 Å². The number of nitrogens with one attached hydrogen (secondary N) is 1. The number of aromatic nitrogens is 1. The van der Waals surface area contributed by atoms with E-state index >= 15 is 0 Å². The van der Waals surface area contributed by atoms with Crippen molar-refractivity contribution in [3.8, 4) is 0 Å². The zero-order valence-corrected chi connectivity index (χ0v) is 11.0. The van der Waals surface area contributed by atoms with Gasteiger partial charge >= 0.3 is 0 Å². The van der Waals surface area contributed by atoms with Crippen molar-refractivity contribution in [3.05, 3.63) is 48.5 Å². The lowest BCUT2D eigenvalue weighted by molar-refractivity contribution is -0.134. The normalized spacial score (nSPS) is 9.90. The zero-order chi connectivity index (χ0) is 14.5. The van der Waals surface area contributed by atoms with Crippen molar-refractivity contribution in [2.45, 2.75) is 6.92 Å². The Morgan fingerprint density at radius 1 is 1.05 bits per heavy atom. The third-order valence-electron chi connectivity index (χ3n) is 2.73. The molecule has 0 fully saturated rings. The summed E-state index contributed by atoms with van der Waals surface area (Å²) >= 11 is 0. The summed E-state index contributed by atoms with van der Waals surface area (Å²) in [5, 5.41) is 9.51. The van der Waals surface area contributed by atoms with Crippen LogP contribution in [-0.4, -0.2) is 16.1 Å². The molecular formula is C15H15N3O2. The van der Waals surface area contributed by atoms with Gasteiger partial charge in [0.25, 0.3) is 5.97 Å². The second-order valence-electron chi connectivity index (χ2n) is 4.18. The number of fused-ring (bicyclic) bond motifs is 2. The number of aliphatic carboxylic acids is 1. The van der Waals surface area contributed by atoms with Crippen LogP contribution in [0.5, 0.6) is 0 Å². The molecule has 5 nitrogen and oxygen atoms in total. The molecule has 5 heteroatoms. The van der Waals surface area contributed by atoms with E-state index in [-0.39, 0.29) is 0 Å². The van der Waals surface area contributed by atoms with Crippen molar-refractivity contribution in [2.24, 2.45) is 5.84 Å². The lowest BCUT2D eigenvalue weighted by Gasteiger charge is -2.09. The van der Waals surface area contributed by atoms with Gasteiger partial charge in [-0.15, -0.1) is 0 Å². The molecule has 0 bridgehead atoms. The molecule has 0 aliphatic rings. The highest BCUT2D eigenvalue weighted by Gasteiger charge is 2.06. The van der Waals surface area contributed by atoms with E-state index in [0.29, 0.717) is 0 Å². The van der Waals surface area contributed by atoms with Crippen LogP contribution < -0.4 is 11.3 Å². The van der Waals surface area contributed by atoms with Crippen molar-refractivity contribution in [3.63, 3.8) is 0 Å². The molecule has 0 amide bonds. The Morgan fingerprint density at radius 2 is 1.45 bits per heavy atom. The minimum atomic E-state index is -0.833. The molecule has 3 aromatic rings. The van der Waals surface area contributed by atoms with Gasteiger partial charge in [0.1, 0.15) is 0 Å². The van der Waals surface area contributed by atoms with Crippen molar-refractivity contribution in [1.29, 1.82) is 0 Å². The highest BCUT2D eigenvalue weighted by molar-refractivity contribution is 6.07. The molecule has 0 unspecified atom stereocenters. The molecule has 4 N–H and O–H groups in total. The van der Waals surface area contributed by atoms with Gasteiger partial charge in [-0.05, 0) is 12.1 Å². The fraction of sp³-hybridized carbons (Fsp3) is 0.0667. The first kappa shape index (κ1) is 13.8. The predicted molar refractivity (Wildman–Crippen MR) is 80.4 cm³/mol. The second-order valence-corrected chi connectivity index (χ2v) is 4.18. The van der Waals surface area contributed by atoms with Crippen LogP contribution >= 0.6 is 0 Å². The summed E-state index contributed by atoms with van der Waals surface area (Å²) in [5.74, 6) is 4.77. The molecule has 0 spiro atoms. The molecule has 20 heavy (non-hydrogen) atoms. The zero-order valence-electron chi connectivity index (χ0n) is 11.0. The number of rotatable bonds is 1. The van der Waals surface area contributed by atoms with Gasteiger partial charge in [-0.3, -0.25) is 10.6 Å². The minimum absolute atomic E-state index is 0.833. The van der Waals surface area contributed by atoms with E-state index in [9.17, 15) is 0 Å². The van der Waals surface area contributed by atoms with Crippen molar-refractivity contribution < 1.29 is 9.90 Å². The number of carboxylic acid groups (broad SMARTS) is 1. The van der Waals surface area contributed by atoms with Crippen molar-refractivity contribution in [1.82, 2.24) is 4.98 Å². The molecule has 3 rings (SSSR count). The maximum Gasteiger partial charge on any atom is 0.300 e. The number of carboxylic acids is 1. The number of benzene rings is 2. The Morgan fingerprint density at radius 3 is 1.85 bits per heavy atom. The maximum absolute atomic E-state index is 9.00. The number of para-hydroxylation sites is 2. The molecule has 102 valence electrons. The molecule has 0 aliphatic carbocycles. The SMILES string of the molecule is CC(=O)O.NNc1c2ccccc2nc2ccccc12. The van der Waals surface area contributed by atoms with Gasteiger partial charge in [0.05, 0.1) is 16.7 Å². The molecule has 1 aromatic heterocycles. The highest BCUT2D eigenvalue weighted by atomic mass is 16.4. The van der Waals surface area contributed by atoms with Crippen LogP contribution in [0.15, 0.2) is 48.5 Å². The first-order valence-corrected chi connectivity index (χ1v) is 6.07. The number of hydrogen-bond acceptors (Lipinski definition) is 4. The summed E-state index contributed by atoms with van der Waals surface area (Å²) in [7, 11) is 0. The monoisotopic (exact) mass is 269 g/mol. The number of nitrogen functional groups attached to an aromatic ring is 1. The number of hydrazine groups is 1. The Bertz CT molecular complexity index is 698. The molecule has 0 saturated carbocycles. The van der Waals surface area contributed by atoms with Gasteiger partial charge in [-0.2, -0.15) is 0 Å². The predicted octanol–water partition coefficient (Wildman–Crippen LogP) is 2.76. The van der Waals surface area contributed by atoms with E-state index in [4.69, 9.17) is 15.7 Å². The van der Waals surface area contributed by atoms with Gasteiger partial charge in [-0.25, -0.2) is 4.98 Å². The molecule has 1 heterocycles. The van der Waals surface area contributed by atoms with E-state index in [1.54, 1.807) is 0 Å². The molecule has 2 aromatic carbocycles. The average Bonchev–Trinajstić information content (AvgIpc) is 2.44. The summed E-state index contributed by atoms with van der Waals surface area (Å²) in [6, 6.07) is 15.9. The second kappa shape index (κ2) is 5.99. The maximum atomic E-state index is 9.00. The van der Waals surface area contributed by atoms with E-state index < -0.39 is 5.97 Å². The molecule has 0 aliphatic heterocycles. The van der Waals surface area contributed by atoms with E-state index in [1.807, 2.05) is 48.5 Å². The van der Waals surface area contributed by atoms with Crippen LogP contribution in [0.25, 0.3) is 21.8 Å². The molecule has 0 atom stereocenters. The van der Waals surface area contributed by atoms with Crippen LogP contribution in [-0.2, 0) is 4.79 Å². The van der Waals surface area contributed by atoms with Gasteiger partial charge in [0.2, 0.25) is 0 Å². The standard InChI is InChI=1S/C13H11N3.C2H4O2/c14-16-13-9-5-1-3-7-11(9)15-12-8-4-2-6-10(12)13;1-2(3)4/h1-8H,14H2,(H,15,16);1H3,(H,3,4). The van der Waals surface area contributed by atoms with Crippen LogP contribution in [0.2, 0.25) is 0 Å². The van der Waals surface area contributed by atoms with Crippen molar-refractivity contribution >= 4 is 33.5 Å². The van der Waals surface area contributed by atoms with E-state index in [2.05, 4.69) is 10.4 Å². The van der Waals surface area contributed by atoms with Crippen LogP contribution in [0, 0.1) is 0 Å². The van der Waals surface area contributed by atoms with E-state index in [1.165, 1.54) is 0 Å². The van der Waals surface area contributed by atoms with Gasteiger partial charge < -0.3 is 10.5 Å². The van der Waals surface area contributed by atoms with Crippen LogP contribution in [0.1, 0.15) is 6.92 Å². The Kier molecular flexibility index (Phi) is 4.12. The summed E-state index contributed by atoms with van der Waals surface area (Å²) < 4.78 is 0. The first-order chi connectivity index (χ1) is 9.63. The quantitative estimate of drug-likeness (QED) is 0.359. The van der Waals surface area contributed by atoms with Crippen LogP contribution in [0.4, 0.5) is 5.69 Å². The first-order valence-electron chi connectivity index (χ1n) is 6.07. The summed E-state index contributed by atoms with van der Waals surface area (Å²) in [6.07, 6.45) is 0. The molecular weight excluding hydrogens is 254 g/mol. The van der Waals surface area contributed by atoms with Gasteiger partial charge in [0.15, 0.2) is 0 Å². The van der Waals surface area contributed by atoms with Gasteiger partial charge in [0, 0.05) is 17.7 Å². The number of nitrogens with two attached hydrogens (primary N) is 1. The Labute approximate surface area is 116 Å². The Balaban J connectivity index is 0.000000328. The number of nitrogens with zero attached hydrogens (tertiary/aromatic N) is 1. The summed E-state index contributed by atoms with van der Waals surface area (Å²) in [6.45, 7) is 1.08. The highest BCUT2D eigenvalue weighted by Crippen LogP contribution is 2.29. The third kappa shape index (κ3) is 2.84. The molecule has 0 saturated heterocycles. The summed E-state index contributed by atoms with van der Waals surface area (Å²) in [5.41, 5.74) is 5.61. The lowest BCUT2D eigenvalue weighted by Crippen LogP contribution is -2.08. The minimum Gasteiger partial charge on any atom is -0.481 e. The van der Waals surface area contributed by atoms with E-state index in [0.717, 1.165) is 34.4 Å².